The number of nitrogens with zero attached hydrogens (tertiary/aromatic N) is 1. The highest BCUT2D eigenvalue weighted by molar-refractivity contribution is 6.16. The number of hydrogen-bond acceptors (Lipinski definition) is 3. The first-order valence-corrected chi connectivity index (χ1v) is 9.55. The average molecular weight is 417 g/mol. The lowest BCUT2D eigenvalue weighted by molar-refractivity contribution is -0.137. The monoisotopic (exact) mass is 417 g/mol. The van der Waals surface area contributed by atoms with Crippen molar-refractivity contribution in [3.8, 4) is 0 Å². The summed E-state index contributed by atoms with van der Waals surface area (Å²) in [6, 6.07) is 10.3. The second-order valence-electron chi connectivity index (χ2n) is 7.76. The summed E-state index contributed by atoms with van der Waals surface area (Å²) in [5.74, 6) is -1.83. The van der Waals surface area contributed by atoms with Crippen LogP contribution in [0, 0.1) is 12.8 Å². The summed E-state index contributed by atoms with van der Waals surface area (Å²) in [4.78, 5) is 27.0. The van der Waals surface area contributed by atoms with Crippen molar-refractivity contribution in [3.63, 3.8) is 0 Å². The fraction of sp³-hybridized carbons (Fsp3) is 0.304. The molecule has 4 nitrogen and oxygen atoms in total. The maximum atomic E-state index is 12.9. The summed E-state index contributed by atoms with van der Waals surface area (Å²) < 4.78 is 38.8. The van der Waals surface area contributed by atoms with Crippen molar-refractivity contribution in [2.75, 3.05) is 4.90 Å². The zero-order valence-corrected chi connectivity index (χ0v) is 16.8. The third kappa shape index (κ3) is 3.97. The van der Waals surface area contributed by atoms with E-state index in [4.69, 9.17) is 0 Å². The lowest BCUT2D eigenvalue weighted by Crippen LogP contribution is -2.31. The molecule has 1 aliphatic heterocycles. The Balaban J connectivity index is 2.14. The van der Waals surface area contributed by atoms with E-state index in [1.807, 2.05) is 26.8 Å². The second-order valence-corrected chi connectivity index (χ2v) is 7.76. The smallest absolute Gasteiger partial charge is 0.416 e. The number of aliphatic hydroxyl groups excluding tert-OH is 1. The van der Waals surface area contributed by atoms with Gasteiger partial charge in [0.2, 0.25) is 0 Å². The maximum Gasteiger partial charge on any atom is 0.416 e. The minimum absolute atomic E-state index is 0.00513. The first-order chi connectivity index (χ1) is 14.0. The Kier molecular flexibility index (Phi) is 5.74. The Bertz CT molecular complexity index is 1010. The van der Waals surface area contributed by atoms with E-state index in [0.717, 1.165) is 17.7 Å². The number of alkyl halides is 3. The number of aliphatic hydroxyl groups is 1. The molecule has 0 saturated carbocycles. The van der Waals surface area contributed by atoms with Gasteiger partial charge in [0, 0.05) is 12.1 Å². The Labute approximate surface area is 172 Å². The van der Waals surface area contributed by atoms with Gasteiger partial charge in [0.05, 0.1) is 17.2 Å². The van der Waals surface area contributed by atoms with Gasteiger partial charge in [0.1, 0.15) is 0 Å². The number of Topliss-reactive ketones (excluding diaryl/α,β-unsaturated/α-hetero) is 1. The number of carbonyl (C=O) groups excluding carboxylic acids is 2. The zero-order valence-electron chi connectivity index (χ0n) is 16.8. The van der Waals surface area contributed by atoms with E-state index in [0.29, 0.717) is 5.56 Å². The summed E-state index contributed by atoms with van der Waals surface area (Å²) in [7, 11) is 0. The van der Waals surface area contributed by atoms with Crippen LogP contribution in [0.15, 0.2) is 59.9 Å². The molecule has 3 rings (SSSR count). The Morgan fingerprint density at radius 1 is 1.10 bits per heavy atom. The van der Waals surface area contributed by atoms with Crippen LogP contribution in [0.4, 0.5) is 18.9 Å². The van der Waals surface area contributed by atoms with Crippen molar-refractivity contribution in [1.29, 1.82) is 0 Å². The van der Waals surface area contributed by atoms with Crippen LogP contribution < -0.4 is 4.90 Å². The van der Waals surface area contributed by atoms with Gasteiger partial charge in [-0.15, -0.1) is 0 Å². The lowest BCUT2D eigenvalue weighted by atomic mass is 9.90. The minimum atomic E-state index is -4.51. The number of ketones is 1. The summed E-state index contributed by atoms with van der Waals surface area (Å²) in [6.07, 6.45) is -4.38. The summed E-state index contributed by atoms with van der Waals surface area (Å²) >= 11 is 0. The van der Waals surface area contributed by atoms with Crippen molar-refractivity contribution < 1.29 is 27.9 Å². The molecule has 1 unspecified atom stereocenters. The highest BCUT2D eigenvalue weighted by Crippen LogP contribution is 2.43. The molecule has 1 heterocycles. The predicted octanol–water partition coefficient (Wildman–Crippen LogP) is 5.53. The lowest BCUT2D eigenvalue weighted by Gasteiger charge is -2.28. The van der Waals surface area contributed by atoms with Crippen LogP contribution in [0.3, 0.4) is 0 Å². The summed E-state index contributed by atoms with van der Waals surface area (Å²) in [6.45, 7) is 5.51. The molecule has 0 aliphatic carbocycles. The van der Waals surface area contributed by atoms with Crippen LogP contribution >= 0.6 is 0 Å². The molecule has 1 atom stereocenters. The van der Waals surface area contributed by atoms with Crippen LogP contribution in [0.5, 0.6) is 0 Å². The van der Waals surface area contributed by atoms with Crippen LogP contribution in [0.2, 0.25) is 0 Å². The van der Waals surface area contributed by atoms with Crippen LogP contribution in [0.1, 0.15) is 43.0 Å². The number of amides is 1. The average Bonchev–Trinajstić information content (AvgIpc) is 2.92. The molecule has 30 heavy (non-hydrogen) atoms. The molecule has 158 valence electrons. The van der Waals surface area contributed by atoms with Crippen LogP contribution in [-0.4, -0.2) is 16.8 Å². The van der Waals surface area contributed by atoms with Gasteiger partial charge in [-0.25, -0.2) is 0 Å². The molecule has 0 fully saturated rings. The number of aryl methyl sites for hydroxylation is 1. The van der Waals surface area contributed by atoms with E-state index < -0.39 is 29.4 Å². The molecule has 0 aromatic heterocycles. The van der Waals surface area contributed by atoms with Gasteiger partial charge in [-0.1, -0.05) is 38.1 Å². The third-order valence-electron chi connectivity index (χ3n) is 5.06. The first-order valence-electron chi connectivity index (χ1n) is 9.55. The molecule has 2 aromatic carbocycles. The van der Waals surface area contributed by atoms with Crippen molar-refractivity contribution in [1.82, 2.24) is 0 Å². The molecule has 0 radical (unpaired) electrons. The molecule has 0 bridgehead atoms. The molecule has 7 heteroatoms. The van der Waals surface area contributed by atoms with E-state index in [-0.39, 0.29) is 29.4 Å². The Hall–Kier alpha value is -3.09. The Morgan fingerprint density at radius 3 is 2.23 bits per heavy atom. The molecular formula is C23H22F3NO3. The number of halogens is 3. The number of rotatable bonds is 5. The molecule has 0 saturated heterocycles. The van der Waals surface area contributed by atoms with E-state index in [1.165, 1.54) is 17.0 Å². The zero-order chi connectivity index (χ0) is 22.2. The third-order valence-corrected chi connectivity index (χ3v) is 5.06. The second kappa shape index (κ2) is 7.97. The van der Waals surface area contributed by atoms with E-state index in [9.17, 15) is 27.9 Å². The highest BCUT2D eigenvalue weighted by atomic mass is 19.4. The summed E-state index contributed by atoms with van der Waals surface area (Å²) in [5.41, 5.74) is 0.709. The number of anilines is 1. The van der Waals surface area contributed by atoms with Crippen LogP contribution in [0.25, 0.3) is 0 Å². The van der Waals surface area contributed by atoms with Crippen LogP contribution in [-0.2, 0) is 15.8 Å². The highest BCUT2D eigenvalue weighted by Gasteiger charge is 2.44. The number of hydrogen-bond donors (Lipinski definition) is 1. The van der Waals surface area contributed by atoms with E-state index in [1.54, 1.807) is 18.2 Å². The van der Waals surface area contributed by atoms with Gasteiger partial charge in [0.25, 0.3) is 5.91 Å². The predicted molar refractivity (Wildman–Crippen MR) is 107 cm³/mol. The summed E-state index contributed by atoms with van der Waals surface area (Å²) in [5, 5.41) is 10.6. The SMILES string of the molecule is Cc1ccccc1C1C(C(=O)CC(C)C)=C(O)C(=O)N1c1ccc(C(F)(F)F)cc1. The van der Waals surface area contributed by atoms with Gasteiger partial charge in [-0.2, -0.15) is 13.2 Å². The van der Waals surface area contributed by atoms with E-state index >= 15 is 0 Å². The standard InChI is InChI=1S/C23H22F3NO3/c1-13(2)12-18(28)19-20(17-7-5-4-6-14(17)3)27(22(30)21(19)29)16-10-8-15(9-11-16)23(24,25)26/h4-11,13,20,29H,12H2,1-3H3. The van der Waals surface area contributed by atoms with Crippen molar-refractivity contribution in [2.45, 2.75) is 39.4 Å². The molecule has 1 N–H and O–H groups in total. The Morgan fingerprint density at radius 2 is 1.70 bits per heavy atom. The van der Waals surface area contributed by atoms with E-state index in [2.05, 4.69) is 0 Å². The van der Waals surface area contributed by atoms with Gasteiger partial charge < -0.3 is 5.11 Å². The normalized spacial score (nSPS) is 17.2. The topological polar surface area (TPSA) is 57.6 Å². The molecule has 2 aromatic rings. The maximum absolute atomic E-state index is 12.9. The number of carbonyl (C=O) groups is 2. The number of benzene rings is 2. The fourth-order valence-electron chi connectivity index (χ4n) is 3.64. The quantitative estimate of drug-likeness (QED) is 0.696. The fourth-order valence-corrected chi connectivity index (χ4v) is 3.64. The largest absolute Gasteiger partial charge is 0.503 e. The molecule has 1 amide bonds. The van der Waals surface area contributed by atoms with Crippen molar-refractivity contribution >= 4 is 17.4 Å². The molecule has 1 aliphatic rings. The van der Waals surface area contributed by atoms with Crippen molar-refractivity contribution in [2.24, 2.45) is 5.92 Å². The van der Waals surface area contributed by atoms with Crippen molar-refractivity contribution in [3.05, 3.63) is 76.6 Å². The van der Waals surface area contributed by atoms with Gasteiger partial charge in [0.15, 0.2) is 11.5 Å². The van der Waals surface area contributed by atoms with Gasteiger partial charge >= 0.3 is 6.18 Å². The molecular weight excluding hydrogens is 395 g/mol. The molecule has 0 spiro atoms. The van der Waals surface area contributed by atoms with Gasteiger partial charge in [-0.05, 0) is 48.2 Å². The van der Waals surface area contributed by atoms with Gasteiger partial charge in [-0.3, -0.25) is 14.5 Å². The minimum Gasteiger partial charge on any atom is -0.503 e. The first kappa shape index (κ1) is 21.6.